The van der Waals surface area contributed by atoms with Gasteiger partial charge in [-0.2, -0.15) is 0 Å². The number of nitrogens with two attached hydrogens (primary N) is 1. The van der Waals surface area contributed by atoms with Gasteiger partial charge in [0, 0.05) is 6.07 Å². The number of ether oxygens (including phenoxy) is 2. The van der Waals surface area contributed by atoms with Crippen LogP contribution in [0.1, 0.15) is 5.56 Å². The quantitative estimate of drug-likeness (QED) is 0.806. The summed E-state index contributed by atoms with van der Waals surface area (Å²) in [4.78, 5) is -0.271. The minimum absolute atomic E-state index is 0.211. The number of benzene rings is 1. The summed E-state index contributed by atoms with van der Waals surface area (Å²) in [6, 6.07) is 2.05. The molecule has 0 spiro atoms. The topological polar surface area (TPSA) is 78.6 Å². The van der Waals surface area contributed by atoms with E-state index in [1.165, 1.54) is 6.92 Å². The lowest BCUT2D eigenvalue weighted by Gasteiger charge is -2.04. The summed E-state index contributed by atoms with van der Waals surface area (Å²) in [6.07, 6.45) is -3.77. The van der Waals surface area contributed by atoms with Gasteiger partial charge in [0.05, 0.1) is 4.90 Å². The molecule has 1 aromatic rings. The van der Waals surface area contributed by atoms with E-state index in [0.717, 1.165) is 12.1 Å². The summed E-state index contributed by atoms with van der Waals surface area (Å²) < 4.78 is 55.8. The second-order valence-electron chi connectivity index (χ2n) is 3.28. The minimum atomic E-state index is -3.97. The maximum atomic E-state index is 12.7. The van der Waals surface area contributed by atoms with Crippen molar-refractivity contribution in [3.63, 3.8) is 0 Å². The van der Waals surface area contributed by atoms with Crippen LogP contribution in [-0.2, 0) is 10.0 Å². The Labute approximate surface area is 89.8 Å². The van der Waals surface area contributed by atoms with E-state index in [9.17, 15) is 17.2 Å². The van der Waals surface area contributed by atoms with E-state index in [2.05, 4.69) is 9.47 Å². The molecule has 1 aliphatic rings. The number of sulfonamides is 1. The lowest BCUT2D eigenvalue weighted by molar-refractivity contribution is -0.286. The molecular weight excluding hydrogens is 244 g/mol. The highest BCUT2D eigenvalue weighted by Gasteiger charge is 2.44. The number of primary sulfonamides is 1. The SMILES string of the molecule is Cc1cc2c(cc1S(N)(=O)=O)OC(F)(F)O2. The molecule has 88 valence electrons. The Balaban J connectivity index is 2.58. The second kappa shape index (κ2) is 3.05. The fourth-order valence-electron chi connectivity index (χ4n) is 1.39. The van der Waals surface area contributed by atoms with Crippen LogP contribution in [0.5, 0.6) is 11.5 Å². The molecule has 0 saturated carbocycles. The van der Waals surface area contributed by atoms with Crippen LogP contribution < -0.4 is 14.6 Å². The maximum absolute atomic E-state index is 12.7. The molecule has 0 radical (unpaired) electrons. The van der Waals surface area contributed by atoms with Crippen LogP contribution >= 0.6 is 0 Å². The average molecular weight is 251 g/mol. The number of halogens is 2. The van der Waals surface area contributed by atoms with Crippen molar-refractivity contribution < 1.29 is 26.7 Å². The van der Waals surface area contributed by atoms with Gasteiger partial charge in [-0.15, -0.1) is 8.78 Å². The van der Waals surface area contributed by atoms with E-state index in [1.807, 2.05) is 0 Å². The van der Waals surface area contributed by atoms with Crippen LogP contribution in [0, 0.1) is 6.92 Å². The summed E-state index contributed by atoms with van der Waals surface area (Å²) >= 11 is 0. The lowest BCUT2D eigenvalue weighted by atomic mass is 10.2. The molecule has 5 nitrogen and oxygen atoms in total. The molecule has 1 heterocycles. The van der Waals surface area contributed by atoms with Gasteiger partial charge in [0.1, 0.15) is 0 Å². The van der Waals surface area contributed by atoms with Crippen molar-refractivity contribution in [3.05, 3.63) is 17.7 Å². The van der Waals surface area contributed by atoms with Crippen LogP contribution in [0.15, 0.2) is 17.0 Å². The molecule has 0 amide bonds. The highest BCUT2D eigenvalue weighted by Crippen LogP contribution is 2.42. The predicted molar refractivity (Wildman–Crippen MR) is 48.8 cm³/mol. The normalized spacial score (nSPS) is 17.5. The summed E-state index contributed by atoms with van der Waals surface area (Å²) in [5.74, 6) is -0.561. The predicted octanol–water partition coefficient (Wildman–Crippen LogP) is 0.964. The third-order valence-electron chi connectivity index (χ3n) is 2.01. The van der Waals surface area contributed by atoms with Gasteiger partial charge in [-0.25, -0.2) is 13.6 Å². The molecule has 0 fully saturated rings. The molecule has 1 aromatic carbocycles. The monoisotopic (exact) mass is 251 g/mol. The number of aryl methyl sites for hydroxylation is 1. The Morgan fingerprint density at radius 2 is 1.75 bits per heavy atom. The third-order valence-corrected chi connectivity index (χ3v) is 3.06. The van der Waals surface area contributed by atoms with Crippen LogP contribution in [0.4, 0.5) is 8.78 Å². The Bertz CT molecular complexity index is 555. The summed E-state index contributed by atoms with van der Waals surface area (Å²) in [5.41, 5.74) is 0.211. The average Bonchev–Trinajstić information content (AvgIpc) is 2.34. The standard InChI is InChI=1S/C8H7F2NO4S/c1-4-2-5-6(15-8(9,10)14-5)3-7(4)16(11,12)13/h2-3H,1H3,(H2,11,12,13). The van der Waals surface area contributed by atoms with Gasteiger partial charge >= 0.3 is 6.29 Å². The number of hydrogen-bond acceptors (Lipinski definition) is 4. The maximum Gasteiger partial charge on any atom is 0.586 e. The Hall–Kier alpha value is -1.41. The zero-order valence-electron chi connectivity index (χ0n) is 8.03. The Morgan fingerprint density at radius 1 is 1.25 bits per heavy atom. The third kappa shape index (κ3) is 1.81. The van der Waals surface area contributed by atoms with Gasteiger partial charge in [0.15, 0.2) is 11.5 Å². The molecule has 8 heteroatoms. The first-order chi connectivity index (χ1) is 7.19. The van der Waals surface area contributed by atoms with Crippen LogP contribution in [0.25, 0.3) is 0 Å². The number of rotatable bonds is 1. The fraction of sp³-hybridized carbons (Fsp3) is 0.250. The smallest absolute Gasteiger partial charge is 0.395 e. The van der Waals surface area contributed by atoms with E-state index in [0.29, 0.717) is 0 Å². The molecule has 0 unspecified atom stereocenters. The van der Waals surface area contributed by atoms with E-state index in [-0.39, 0.29) is 22.0 Å². The zero-order valence-corrected chi connectivity index (χ0v) is 8.85. The molecule has 2 N–H and O–H groups in total. The molecule has 1 aliphatic heterocycles. The van der Waals surface area contributed by atoms with Crippen molar-refractivity contribution in [3.8, 4) is 11.5 Å². The highest BCUT2D eigenvalue weighted by molar-refractivity contribution is 7.89. The minimum Gasteiger partial charge on any atom is -0.395 e. The first-order valence-electron chi connectivity index (χ1n) is 4.12. The molecular formula is C8H7F2NO4S. The lowest BCUT2D eigenvalue weighted by Crippen LogP contribution is -2.25. The Morgan fingerprint density at radius 3 is 2.25 bits per heavy atom. The summed E-state index contributed by atoms with van der Waals surface area (Å²) in [5, 5.41) is 4.91. The number of alkyl halides is 2. The van der Waals surface area contributed by atoms with Crippen molar-refractivity contribution >= 4 is 10.0 Å². The summed E-state index contributed by atoms with van der Waals surface area (Å²) in [6.45, 7) is 1.42. The van der Waals surface area contributed by atoms with Crippen molar-refractivity contribution in [2.24, 2.45) is 5.14 Å². The zero-order chi connectivity index (χ0) is 12.1. The van der Waals surface area contributed by atoms with Crippen molar-refractivity contribution in [1.29, 1.82) is 0 Å². The van der Waals surface area contributed by atoms with Gasteiger partial charge in [0.2, 0.25) is 10.0 Å². The first kappa shape index (κ1) is 11.1. The molecule has 0 saturated heterocycles. The van der Waals surface area contributed by atoms with Crippen molar-refractivity contribution in [2.45, 2.75) is 18.1 Å². The highest BCUT2D eigenvalue weighted by atomic mass is 32.2. The first-order valence-corrected chi connectivity index (χ1v) is 5.67. The molecule has 2 rings (SSSR count). The van der Waals surface area contributed by atoms with E-state index >= 15 is 0 Å². The molecule has 0 atom stereocenters. The second-order valence-corrected chi connectivity index (χ2v) is 4.81. The molecule has 16 heavy (non-hydrogen) atoms. The van der Waals surface area contributed by atoms with Crippen LogP contribution in [-0.4, -0.2) is 14.7 Å². The van der Waals surface area contributed by atoms with Crippen LogP contribution in [0.3, 0.4) is 0 Å². The van der Waals surface area contributed by atoms with Gasteiger partial charge in [-0.1, -0.05) is 0 Å². The fourth-order valence-corrected chi connectivity index (χ4v) is 2.16. The molecule has 0 aromatic heterocycles. The van der Waals surface area contributed by atoms with E-state index in [1.54, 1.807) is 0 Å². The van der Waals surface area contributed by atoms with Crippen LogP contribution in [0.2, 0.25) is 0 Å². The van der Waals surface area contributed by atoms with E-state index < -0.39 is 16.3 Å². The molecule has 0 bridgehead atoms. The Kier molecular flexibility index (Phi) is 2.11. The van der Waals surface area contributed by atoms with Gasteiger partial charge in [-0.05, 0) is 18.6 Å². The molecule has 0 aliphatic carbocycles. The van der Waals surface area contributed by atoms with Crippen molar-refractivity contribution in [2.75, 3.05) is 0 Å². The van der Waals surface area contributed by atoms with Crippen molar-refractivity contribution in [1.82, 2.24) is 0 Å². The van der Waals surface area contributed by atoms with Gasteiger partial charge < -0.3 is 9.47 Å². The van der Waals surface area contributed by atoms with Gasteiger partial charge in [-0.3, -0.25) is 0 Å². The van der Waals surface area contributed by atoms with E-state index in [4.69, 9.17) is 5.14 Å². The summed E-state index contributed by atoms with van der Waals surface area (Å²) in [7, 11) is -3.97. The largest absolute Gasteiger partial charge is 0.586 e. The number of hydrogen-bond donors (Lipinski definition) is 1. The number of fused-ring (bicyclic) bond motifs is 1. The van der Waals surface area contributed by atoms with Gasteiger partial charge in [0.25, 0.3) is 0 Å².